The summed E-state index contributed by atoms with van der Waals surface area (Å²) in [5.41, 5.74) is 3.01. The number of carbonyl (C=O) groups excluding carboxylic acids is 1. The van der Waals surface area contributed by atoms with Crippen LogP contribution in [-0.4, -0.2) is 6.09 Å². The number of cyclic esters (lactones) is 1. The Bertz CT molecular complexity index is 333. The molecular weight excluding hydrogens is 154 g/mol. The average Bonchev–Trinajstić information content (AvgIpc) is 2.07. The number of rotatable bonds is 0. The molecule has 0 aliphatic carbocycles. The van der Waals surface area contributed by atoms with Crippen LogP contribution in [0.3, 0.4) is 0 Å². The first-order chi connectivity index (χ1) is 5.77. The zero-order valence-electron chi connectivity index (χ0n) is 6.76. The second-order valence-corrected chi connectivity index (χ2v) is 2.81. The molecule has 12 heavy (non-hydrogen) atoms. The molecule has 62 valence electrons. The van der Waals surface area contributed by atoms with Crippen LogP contribution in [0.1, 0.15) is 11.1 Å². The third-order valence-electron chi connectivity index (χ3n) is 1.94. The van der Waals surface area contributed by atoms with Gasteiger partial charge in [0.2, 0.25) is 0 Å². The SMILES string of the molecule is Cc1cccc2c1NC(=O)OC2. The molecule has 0 spiro atoms. The summed E-state index contributed by atoms with van der Waals surface area (Å²) in [4.78, 5) is 10.8. The number of carbonyl (C=O) groups is 1. The van der Waals surface area contributed by atoms with Crippen LogP contribution in [0.2, 0.25) is 0 Å². The first kappa shape index (κ1) is 7.16. The number of para-hydroxylation sites is 1. The molecule has 3 nitrogen and oxygen atoms in total. The molecule has 1 aromatic rings. The van der Waals surface area contributed by atoms with Crippen molar-refractivity contribution in [3.63, 3.8) is 0 Å². The monoisotopic (exact) mass is 163 g/mol. The number of anilines is 1. The first-order valence-electron chi connectivity index (χ1n) is 3.79. The normalized spacial score (nSPS) is 14.6. The van der Waals surface area contributed by atoms with Crippen LogP contribution < -0.4 is 5.32 Å². The Morgan fingerprint density at radius 1 is 1.50 bits per heavy atom. The molecule has 3 heteroatoms. The van der Waals surface area contributed by atoms with Crippen molar-refractivity contribution < 1.29 is 9.53 Å². The lowest BCUT2D eigenvalue weighted by atomic mass is 10.1. The number of nitrogens with one attached hydrogen (secondary N) is 1. The van der Waals surface area contributed by atoms with Crippen LogP contribution in [0.5, 0.6) is 0 Å². The quantitative estimate of drug-likeness (QED) is 0.635. The smallest absolute Gasteiger partial charge is 0.411 e. The minimum Gasteiger partial charge on any atom is -0.444 e. The van der Waals surface area contributed by atoms with Crippen molar-refractivity contribution in [1.82, 2.24) is 0 Å². The predicted molar refractivity (Wildman–Crippen MR) is 45.0 cm³/mol. The van der Waals surface area contributed by atoms with Gasteiger partial charge in [0.1, 0.15) is 6.61 Å². The maximum Gasteiger partial charge on any atom is 0.411 e. The number of benzene rings is 1. The summed E-state index contributed by atoms with van der Waals surface area (Å²) in [7, 11) is 0. The van der Waals surface area contributed by atoms with Gasteiger partial charge in [0, 0.05) is 5.56 Å². The van der Waals surface area contributed by atoms with Gasteiger partial charge in [-0.05, 0) is 12.5 Å². The molecule has 0 unspecified atom stereocenters. The van der Waals surface area contributed by atoms with Gasteiger partial charge < -0.3 is 4.74 Å². The second-order valence-electron chi connectivity index (χ2n) is 2.81. The van der Waals surface area contributed by atoms with Crippen molar-refractivity contribution in [2.75, 3.05) is 5.32 Å². The van der Waals surface area contributed by atoms with Crippen LogP contribution in [0.4, 0.5) is 10.5 Å². The third-order valence-corrected chi connectivity index (χ3v) is 1.94. The molecule has 0 bridgehead atoms. The Morgan fingerprint density at radius 3 is 3.17 bits per heavy atom. The molecule has 1 aromatic carbocycles. The number of hydrogen-bond donors (Lipinski definition) is 1. The summed E-state index contributed by atoms with van der Waals surface area (Å²) < 4.78 is 4.81. The number of hydrogen-bond acceptors (Lipinski definition) is 2. The van der Waals surface area contributed by atoms with E-state index in [0.717, 1.165) is 16.8 Å². The standard InChI is InChI=1S/C9H9NO2/c1-6-3-2-4-7-5-12-9(11)10-8(6)7/h2-4H,5H2,1H3,(H,10,11). The van der Waals surface area contributed by atoms with Gasteiger partial charge >= 0.3 is 6.09 Å². The molecule has 1 N–H and O–H groups in total. The largest absolute Gasteiger partial charge is 0.444 e. The highest BCUT2D eigenvalue weighted by atomic mass is 16.5. The van der Waals surface area contributed by atoms with E-state index in [4.69, 9.17) is 4.74 Å². The van der Waals surface area contributed by atoms with E-state index in [0.29, 0.717) is 6.61 Å². The summed E-state index contributed by atoms with van der Waals surface area (Å²) in [5, 5.41) is 2.67. The Kier molecular flexibility index (Phi) is 1.50. The Hall–Kier alpha value is -1.51. The van der Waals surface area contributed by atoms with Crippen molar-refractivity contribution >= 4 is 11.8 Å². The summed E-state index contributed by atoms with van der Waals surface area (Å²) in [6, 6.07) is 5.86. The second kappa shape index (κ2) is 2.52. The molecule has 1 aliphatic rings. The Labute approximate surface area is 70.3 Å². The fourth-order valence-electron chi connectivity index (χ4n) is 1.31. The number of fused-ring (bicyclic) bond motifs is 1. The van der Waals surface area contributed by atoms with Crippen LogP contribution in [0.15, 0.2) is 18.2 Å². The average molecular weight is 163 g/mol. The zero-order chi connectivity index (χ0) is 8.55. The van der Waals surface area contributed by atoms with E-state index in [1.54, 1.807) is 0 Å². The van der Waals surface area contributed by atoms with E-state index in [-0.39, 0.29) is 6.09 Å². The summed E-state index contributed by atoms with van der Waals surface area (Å²) in [6.07, 6.45) is -0.364. The fourth-order valence-corrected chi connectivity index (χ4v) is 1.31. The lowest BCUT2D eigenvalue weighted by Gasteiger charge is -2.18. The number of aryl methyl sites for hydroxylation is 1. The van der Waals surface area contributed by atoms with E-state index < -0.39 is 0 Å². The van der Waals surface area contributed by atoms with E-state index >= 15 is 0 Å². The highest BCUT2D eigenvalue weighted by Gasteiger charge is 2.16. The van der Waals surface area contributed by atoms with Crippen molar-refractivity contribution in [3.05, 3.63) is 29.3 Å². The van der Waals surface area contributed by atoms with Gasteiger partial charge in [-0.2, -0.15) is 0 Å². The van der Waals surface area contributed by atoms with Crippen LogP contribution >= 0.6 is 0 Å². The van der Waals surface area contributed by atoms with Crippen molar-refractivity contribution in [3.8, 4) is 0 Å². The van der Waals surface area contributed by atoms with Gasteiger partial charge in [0.15, 0.2) is 0 Å². The Balaban J connectivity index is 2.50. The van der Waals surface area contributed by atoms with Crippen LogP contribution in [0, 0.1) is 6.92 Å². The van der Waals surface area contributed by atoms with E-state index in [2.05, 4.69) is 5.32 Å². The molecular formula is C9H9NO2. The number of ether oxygens (including phenoxy) is 1. The van der Waals surface area contributed by atoms with Crippen molar-refractivity contribution in [2.24, 2.45) is 0 Å². The third kappa shape index (κ3) is 1.03. The topological polar surface area (TPSA) is 38.3 Å². The van der Waals surface area contributed by atoms with Gasteiger partial charge in [-0.3, -0.25) is 5.32 Å². The summed E-state index contributed by atoms with van der Waals surface area (Å²) >= 11 is 0. The minimum atomic E-state index is -0.364. The van der Waals surface area contributed by atoms with E-state index in [9.17, 15) is 4.79 Å². The first-order valence-corrected chi connectivity index (χ1v) is 3.79. The van der Waals surface area contributed by atoms with Gasteiger partial charge in [-0.25, -0.2) is 4.79 Å². The number of amides is 1. The minimum absolute atomic E-state index is 0.364. The van der Waals surface area contributed by atoms with Crippen molar-refractivity contribution in [2.45, 2.75) is 13.5 Å². The molecule has 2 rings (SSSR count). The maximum atomic E-state index is 10.8. The molecule has 0 radical (unpaired) electrons. The molecule has 1 amide bonds. The lowest BCUT2D eigenvalue weighted by molar-refractivity contribution is 0.151. The molecule has 1 heterocycles. The highest BCUT2D eigenvalue weighted by molar-refractivity contribution is 5.88. The van der Waals surface area contributed by atoms with Gasteiger partial charge in [-0.15, -0.1) is 0 Å². The fraction of sp³-hybridized carbons (Fsp3) is 0.222. The highest BCUT2D eigenvalue weighted by Crippen LogP contribution is 2.24. The maximum absolute atomic E-state index is 10.8. The van der Waals surface area contributed by atoms with Gasteiger partial charge in [-0.1, -0.05) is 18.2 Å². The van der Waals surface area contributed by atoms with Crippen LogP contribution in [-0.2, 0) is 11.3 Å². The lowest BCUT2D eigenvalue weighted by Crippen LogP contribution is -2.20. The van der Waals surface area contributed by atoms with Crippen LogP contribution in [0.25, 0.3) is 0 Å². The summed E-state index contributed by atoms with van der Waals surface area (Å²) in [5.74, 6) is 0. The predicted octanol–water partition coefficient (Wildman–Crippen LogP) is 2.06. The van der Waals surface area contributed by atoms with Gasteiger partial charge in [0.05, 0.1) is 5.69 Å². The van der Waals surface area contributed by atoms with E-state index in [1.807, 2.05) is 25.1 Å². The molecule has 0 atom stereocenters. The van der Waals surface area contributed by atoms with Gasteiger partial charge in [0.25, 0.3) is 0 Å². The molecule has 0 saturated heterocycles. The molecule has 0 saturated carbocycles. The zero-order valence-corrected chi connectivity index (χ0v) is 6.76. The molecule has 0 aromatic heterocycles. The van der Waals surface area contributed by atoms with Crippen molar-refractivity contribution in [1.29, 1.82) is 0 Å². The summed E-state index contributed by atoms with van der Waals surface area (Å²) in [6.45, 7) is 2.34. The Morgan fingerprint density at radius 2 is 2.33 bits per heavy atom. The molecule has 0 fully saturated rings. The van der Waals surface area contributed by atoms with E-state index in [1.165, 1.54) is 0 Å². The molecule has 1 aliphatic heterocycles.